The minimum absolute atomic E-state index is 0.00501. The van der Waals surface area contributed by atoms with Gasteiger partial charge in [0, 0.05) is 88.6 Å². The predicted molar refractivity (Wildman–Crippen MR) is 308 cm³/mol. The van der Waals surface area contributed by atoms with Gasteiger partial charge in [-0.05, 0) is 105 Å². The summed E-state index contributed by atoms with van der Waals surface area (Å²) in [6, 6.07) is 9.95. The Kier molecular flexibility index (Phi) is 25.6. The van der Waals surface area contributed by atoms with E-state index in [0.717, 1.165) is 93.1 Å². The number of amides is 2. The third-order valence-electron chi connectivity index (χ3n) is 14.8. The van der Waals surface area contributed by atoms with Gasteiger partial charge in [0.1, 0.15) is 11.5 Å². The van der Waals surface area contributed by atoms with Crippen LogP contribution in [0.15, 0.2) is 84.3 Å². The van der Waals surface area contributed by atoms with Crippen LogP contribution in [-0.4, -0.2) is 113 Å². The fourth-order valence-corrected chi connectivity index (χ4v) is 11.3. The molecule has 2 fully saturated rings. The number of alkyl halides is 7. The third-order valence-corrected chi connectivity index (χ3v) is 16.1. The summed E-state index contributed by atoms with van der Waals surface area (Å²) in [4.78, 5) is 63.9. The molecule has 1 N–H and O–H groups in total. The Labute approximate surface area is 508 Å². The number of aromatic nitrogens is 2. The minimum Gasteiger partial charge on any atom is -0.478 e. The zero-order chi connectivity index (χ0) is 63.8. The first kappa shape index (κ1) is 69.5. The summed E-state index contributed by atoms with van der Waals surface area (Å²) in [5, 5.41) is 10.5. The van der Waals surface area contributed by atoms with Crippen molar-refractivity contribution >= 4 is 58.5 Å². The average Bonchev–Trinajstić information content (AvgIpc) is 1.04. The van der Waals surface area contributed by atoms with E-state index in [2.05, 4.69) is 23.8 Å². The molecule has 4 aromatic carbocycles. The van der Waals surface area contributed by atoms with Crippen molar-refractivity contribution in [1.29, 1.82) is 0 Å². The van der Waals surface area contributed by atoms with Crippen molar-refractivity contribution < 1.29 is 92.6 Å². The zero-order valence-corrected chi connectivity index (χ0v) is 50.5. The van der Waals surface area contributed by atoms with E-state index in [1.807, 2.05) is 0 Å². The lowest BCUT2D eigenvalue weighted by Gasteiger charge is -2.36. The molecule has 0 aliphatic heterocycles. The number of carbonyl (C=O) groups is 4. The Balaban J connectivity index is 0.000000280. The first-order valence-electron chi connectivity index (χ1n) is 27.7. The fraction of sp³-hybridized carbons (Fsp3) is 0.475. The summed E-state index contributed by atoms with van der Waals surface area (Å²) in [5.41, 5.74) is -3.07. The summed E-state index contributed by atoms with van der Waals surface area (Å²) in [5.74, 6) is -8.28. The Morgan fingerprint density at radius 1 is 0.598 bits per heavy atom. The zero-order valence-electron chi connectivity index (χ0n) is 48.9. The topological polar surface area (TPSA) is 185 Å². The van der Waals surface area contributed by atoms with E-state index in [1.54, 1.807) is 6.07 Å². The normalized spacial score (nSPS) is 17.1. The van der Waals surface area contributed by atoms with Gasteiger partial charge in [0.2, 0.25) is 11.8 Å². The summed E-state index contributed by atoms with van der Waals surface area (Å²) >= 11 is 6.83. The van der Waals surface area contributed by atoms with E-state index in [1.165, 1.54) is 62.8 Å². The van der Waals surface area contributed by atoms with E-state index in [-0.39, 0.29) is 78.0 Å². The van der Waals surface area contributed by atoms with Crippen LogP contribution < -0.4 is 19.3 Å². The Morgan fingerprint density at radius 2 is 1.00 bits per heavy atom. The molecule has 26 heteroatoms. The van der Waals surface area contributed by atoms with E-state index >= 15 is 8.78 Å². The number of halogens is 9. The largest absolute Gasteiger partial charge is 0.478 e. The van der Waals surface area contributed by atoms with E-state index in [0.29, 0.717) is 42.7 Å². The van der Waals surface area contributed by atoms with Crippen LogP contribution in [-0.2, 0) is 57.3 Å². The number of methoxy groups -OCH3 is 5. The van der Waals surface area contributed by atoms with Gasteiger partial charge >= 0.3 is 24.3 Å². The van der Waals surface area contributed by atoms with Gasteiger partial charge < -0.3 is 48.1 Å². The van der Waals surface area contributed by atoms with Crippen LogP contribution >= 0.6 is 23.4 Å². The number of carboxylic acids is 1. The number of rotatable bonds is 24. The highest BCUT2D eigenvalue weighted by atomic mass is 35.5. The number of ether oxygens (including phenoxy) is 7. The van der Waals surface area contributed by atoms with Crippen LogP contribution in [0.1, 0.15) is 108 Å². The molecule has 2 amide bonds. The molecule has 2 aliphatic carbocycles. The van der Waals surface area contributed by atoms with Crippen molar-refractivity contribution in [1.82, 2.24) is 9.97 Å². The molecule has 5 aromatic rings. The Bertz CT molecular complexity index is 3120. The maximum Gasteiger partial charge on any atom is 0.419 e. The molecule has 0 spiro atoms. The lowest BCUT2D eigenvalue weighted by Crippen LogP contribution is -2.49. The molecule has 0 atom stereocenters. The molecule has 87 heavy (non-hydrogen) atoms. The number of esters is 1. The summed E-state index contributed by atoms with van der Waals surface area (Å²) in [6.45, 7) is 4.11. The summed E-state index contributed by atoms with van der Waals surface area (Å²) in [7, 11) is 6.76. The molecule has 0 saturated heterocycles. The number of benzene rings is 4. The van der Waals surface area contributed by atoms with Gasteiger partial charge in [0.05, 0.1) is 79.2 Å². The Hall–Kier alpha value is -6.64. The minimum atomic E-state index is -4.88. The second kappa shape index (κ2) is 32.0. The second-order valence-corrected chi connectivity index (χ2v) is 22.4. The van der Waals surface area contributed by atoms with Gasteiger partial charge in [-0.25, -0.2) is 28.3 Å². The quantitative estimate of drug-likeness (QED) is 0.0202. The molecule has 1 heterocycles. The number of thioether (sulfide) groups is 1. The highest BCUT2D eigenvalue weighted by molar-refractivity contribution is 7.98. The van der Waals surface area contributed by atoms with Crippen molar-refractivity contribution in [3.63, 3.8) is 0 Å². The monoisotopic (exact) mass is 1270 g/mol. The lowest BCUT2D eigenvalue weighted by molar-refractivity contribution is -0.139. The molecule has 0 radical (unpaired) electrons. The summed E-state index contributed by atoms with van der Waals surface area (Å²) in [6.07, 6.45) is -1.05. The van der Waals surface area contributed by atoms with Crippen LogP contribution in [0.2, 0.25) is 0 Å². The number of carbonyl (C=O) groups excluding carboxylic acids is 3. The van der Waals surface area contributed by atoms with Crippen molar-refractivity contribution in [2.45, 2.75) is 106 Å². The van der Waals surface area contributed by atoms with E-state index in [9.17, 15) is 50.6 Å². The smallest absolute Gasteiger partial charge is 0.419 e. The van der Waals surface area contributed by atoms with Crippen LogP contribution in [0.25, 0.3) is 0 Å². The number of anilines is 2. The highest BCUT2D eigenvalue weighted by Gasteiger charge is 2.40. The van der Waals surface area contributed by atoms with Crippen molar-refractivity contribution in [2.24, 2.45) is 23.7 Å². The maximum atomic E-state index is 15.7. The van der Waals surface area contributed by atoms with Crippen molar-refractivity contribution in [2.75, 3.05) is 71.8 Å². The number of hydrogen-bond donors (Lipinski definition) is 1. The van der Waals surface area contributed by atoms with E-state index < -0.39 is 99.5 Å². The number of carboxylic acid groups (broad SMARTS) is 1. The van der Waals surface area contributed by atoms with Gasteiger partial charge in [-0.2, -0.15) is 26.3 Å². The molecule has 2 saturated carbocycles. The van der Waals surface area contributed by atoms with Gasteiger partial charge in [0.15, 0.2) is 28.3 Å². The second-order valence-electron chi connectivity index (χ2n) is 21.2. The molecule has 0 unspecified atom stereocenters. The van der Waals surface area contributed by atoms with Crippen molar-refractivity contribution in [3.8, 4) is 23.0 Å². The Morgan fingerprint density at radius 3 is 1.39 bits per heavy atom. The molecule has 16 nitrogen and oxygen atoms in total. The lowest BCUT2D eigenvalue weighted by atomic mass is 9.82. The van der Waals surface area contributed by atoms with Gasteiger partial charge in [0.25, 0.3) is 0 Å². The molecular weight excluding hydrogens is 1200 g/mol. The predicted octanol–water partition coefficient (Wildman–Crippen LogP) is 14.2. The molecule has 7 rings (SSSR count). The van der Waals surface area contributed by atoms with Gasteiger partial charge in [-0.1, -0.05) is 37.7 Å². The van der Waals surface area contributed by atoms with Gasteiger partial charge in [-0.3, -0.25) is 9.59 Å². The standard InChI is InChI=1S/C32H35F4N3O6S.C29H34ClF4NO6/c1-19-5-8-21(9-6-19)29(40)39(22(16-43-2)17-44-3)26-15-25(33)28(14-23(26)30(41)42)45-27-10-7-20(13-24(27)32(34,35)36)18-46-31-37-11-4-12-38-31;1-17-5-8-19(9-6-17)27(36)35(20(15-38-2)16-39-3)24-13-23(31)26(12-21(24)28(37)40-4)41-25-10-7-18(14-30)11-22(25)29(32,33)34/h4,7,10-15,19,21-22H,5-6,8-9,16-18H2,1-3H3,(H,41,42);7,10-13,17,19-20H,5-6,8-9,14-16H2,1-4H3. The first-order chi connectivity index (χ1) is 41.4. The van der Waals surface area contributed by atoms with Crippen LogP contribution in [0.3, 0.4) is 0 Å². The number of hydrogen-bond acceptors (Lipinski definition) is 14. The molecular formula is C61H69ClF8N4O12S. The molecule has 2 aliphatic rings. The average molecular weight is 1270 g/mol. The molecule has 0 bridgehead atoms. The molecule has 474 valence electrons. The fourth-order valence-electron chi connectivity index (χ4n) is 10.3. The summed E-state index contributed by atoms with van der Waals surface area (Å²) < 4.78 is 152. The SMILES string of the molecule is COCC(COC)N(C(=O)C1CCC(C)CC1)c1cc(F)c(Oc2ccc(CCl)cc2C(F)(F)F)cc1C(=O)OC.COCC(COC)N(C(=O)C1CCC(C)CC1)c1cc(F)c(Oc2ccc(CSc3ncccn3)cc2C(F)(F)F)cc1C(=O)O. The van der Waals surface area contributed by atoms with Gasteiger partial charge in [-0.15, -0.1) is 11.6 Å². The van der Waals surface area contributed by atoms with Crippen LogP contribution in [0, 0.1) is 35.3 Å². The third kappa shape index (κ3) is 18.5. The molecule has 1 aromatic heterocycles. The highest BCUT2D eigenvalue weighted by Crippen LogP contribution is 2.44. The van der Waals surface area contributed by atoms with Crippen LogP contribution in [0.4, 0.5) is 46.5 Å². The maximum absolute atomic E-state index is 15.7. The number of nitrogens with zero attached hydrogens (tertiary/aromatic N) is 4. The van der Waals surface area contributed by atoms with Crippen LogP contribution in [0.5, 0.6) is 23.0 Å². The first-order valence-corrected chi connectivity index (χ1v) is 29.2. The van der Waals surface area contributed by atoms with E-state index in [4.69, 9.17) is 44.8 Å². The number of aromatic carboxylic acids is 1. The van der Waals surface area contributed by atoms with Crippen molar-refractivity contribution in [3.05, 3.63) is 124 Å².